The molecule has 1 atom stereocenters. The van der Waals surface area contributed by atoms with E-state index in [0.29, 0.717) is 18.5 Å². The Morgan fingerprint density at radius 3 is 2.89 bits per heavy atom. The molecule has 2 aliphatic rings. The number of aliphatic hydroxyl groups is 1. The molecule has 28 heavy (non-hydrogen) atoms. The molecule has 0 radical (unpaired) electrons. The van der Waals surface area contributed by atoms with E-state index in [1.54, 1.807) is 0 Å². The van der Waals surface area contributed by atoms with Crippen molar-refractivity contribution in [3.05, 3.63) is 59.0 Å². The molecule has 2 heterocycles. The molecular formula is C22H24N4O2. The number of hydrogen-bond donors (Lipinski definition) is 3. The molecule has 2 aromatic heterocycles. The molecule has 5 rings (SSSR count). The van der Waals surface area contributed by atoms with Gasteiger partial charge in [-0.25, -0.2) is 0 Å². The molecule has 0 spiro atoms. The molecule has 1 saturated carbocycles. The SMILES string of the molecule is O=C(N[C@@H](c1cnc2ccccc2c1)C1CC(O)C1)c1n[nH]c2c1CCCC2. The number of carbonyl (C=O) groups is 1. The van der Waals surface area contributed by atoms with Crippen molar-refractivity contribution in [2.45, 2.75) is 50.7 Å². The number of aryl methyl sites for hydroxylation is 1. The van der Waals surface area contributed by atoms with Crippen LogP contribution in [-0.4, -0.2) is 32.3 Å². The fourth-order valence-electron chi connectivity index (χ4n) is 4.51. The van der Waals surface area contributed by atoms with Gasteiger partial charge in [0, 0.05) is 22.8 Å². The number of pyridine rings is 1. The zero-order valence-corrected chi connectivity index (χ0v) is 15.7. The standard InChI is InChI=1S/C22H24N4O2/c27-16-10-14(11-16)20(15-9-13-5-1-3-7-18(13)23-12-15)24-22(28)21-17-6-2-4-8-19(17)25-26-21/h1,3,5,7,9,12,14,16,20,27H,2,4,6,8,10-11H2,(H,24,28)(H,25,26)/t14?,16?,20-/m1/s1. The molecule has 0 saturated heterocycles. The van der Waals surface area contributed by atoms with Crippen molar-refractivity contribution in [2.75, 3.05) is 0 Å². The maximum atomic E-state index is 13.1. The van der Waals surface area contributed by atoms with Crippen LogP contribution in [0.1, 0.15) is 59.0 Å². The van der Waals surface area contributed by atoms with Crippen LogP contribution in [0.2, 0.25) is 0 Å². The van der Waals surface area contributed by atoms with Gasteiger partial charge in [0.15, 0.2) is 5.69 Å². The number of aromatic nitrogens is 3. The zero-order valence-electron chi connectivity index (χ0n) is 15.7. The lowest BCUT2D eigenvalue weighted by atomic mass is 9.75. The zero-order chi connectivity index (χ0) is 19.1. The van der Waals surface area contributed by atoms with E-state index in [1.807, 2.05) is 30.5 Å². The number of aromatic amines is 1. The van der Waals surface area contributed by atoms with Crippen molar-refractivity contribution in [3.8, 4) is 0 Å². The Bertz CT molecular complexity index is 1020. The highest BCUT2D eigenvalue weighted by Gasteiger charge is 2.36. The van der Waals surface area contributed by atoms with E-state index < -0.39 is 0 Å². The number of amides is 1. The molecule has 0 aliphatic heterocycles. The first-order valence-electron chi connectivity index (χ1n) is 10.1. The van der Waals surface area contributed by atoms with Crippen LogP contribution >= 0.6 is 0 Å². The second kappa shape index (κ2) is 7.02. The quantitative estimate of drug-likeness (QED) is 0.653. The minimum Gasteiger partial charge on any atom is -0.393 e. The first-order chi connectivity index (χ1) is 13.7. The molecular weight excluding hydrogens is 352 g/mol. The summed E-state index contributed by atoms with van der Waals surface area (Å²) in [6.45, 7) is 0. The van der Waals surface area contributed by atoms with Gasteiger partial charge in [-0.1, -0.05) is 18.2 Å². The maximum absolute atomic E-state index is 13.1. The van der Waals surface area contributed by atoms with Gasteiger partial charge in [0.1, 0.15) is 0 Å². The second-order valence-corrected chi connectivity index (χ2v) is 8.03. The van der Waals surface area contributed by atoms with Gasteiger partial charge in [0.05, 0.1) is 17.7 Å². The third kappa shape index (κ3) is 3.07. The first kappa shape index (κ1) is 17.4. The Balaban J connectivity index is 1.45. The van der Waals surface area contributed by atoms with E-state index >= 15 is 0 Å². The predicted molar refractivity (Wildman–Crippen MR) is 106 cm³/mol. The van der Waals surface area contributed by atoms with Gasteiger partial charge in [-0.2, -0.15) is 5.10 Å². The van der Waals surface area contributed by atoms with Crippen LogP contribution in [0.3, 0.4) is 0 Å². The van der Waals surface area contributed by atoms with Gasteiger partial charge in [-0.05, 0) is 62.1 Å². The number of hydrogen-bond acceptors (Lipinski definition) is 4. The average Bonchev–Trinajstić information content (AvgIpc) is 3.14. The predicted octanol–water partition coefficient (Wildman–Crippen LogP) is 3.08. The van der Waals surface area contributed by atoms with Gasteiger partial charge in [-0.3, -0.25) is 14.9 Å². The number of nitrogens with one attached hydrogen (secondary N) is 2. The second-order valence-electron chi connectivity index (χ2n) is 8.03. The summed E-state index contributed by atoms with van der Waals surface area (Å²) in [6.07, 6.45) is 7.05. The molecule has 1 amide bonds. The molecule has 1 fully saturated rings. The molecule has 0 bridgehead atoms. The number of rotatable bonds is 4. The molecule has 6 heteroatoms. The van der Waals surface area contributed by atoms with Crippen molar-refractivity contribution in [1.29, 1.82) is 0 Å². The smallest absolute Gasteiger partial charge is 0.272 e. The van der Waals surface area contributed by atoms with Crippen LogP contribution in [0, 0.1) is 5.92 Å². The summed E-state index contributed by atoms with van der Waals surface area (Å²) in [5.41, 5.74) is 4.60. The Labute approximate surface area is 163 Å². The van der Waals surface area contributed by atoms with Gasteiger partial charge in [-0.15, -0.1) is 0 Å². The number of carbonyl (C=O) groups excluding carboxylic acids is 1. The number of nitrogens with zero attached hydrogens (tertiary/aromatic N) is 2. The van der Waals surface area contributed by atoms with Crippen LogP contribution in [0.5, 0.6) is 0 Å². The van der Waals surface area contributed by atoms with E-state index in [9.17, 15) is 9.90 Å². The fraction of sp³-hybridized carbons (Fsp3) is 0.409. The maximum Gasteiger partial charge on any atom is 0.272 e. The van der Waals surface area contributed by atoms with E-state index in [0.717, 1.165) is 53.4 Å². The van der Waals surface area contributed by atoms with E-state index in [2.05, 4.69) is 26.6 Å². The van der Waals surface area contributed by atoms with Gasteiger partial charge in [0.25, 0.3) is 5.91 Å². The summed E-state index contributed by atoms with van der Waals surface area (Å²) < 4.78 is 0. The minimum atomic E-state index is -0.282. The fourth-order valence-corrected chi connectivity index (χ4v) is 4.51. The molecule has 3 N–H and O–H groups in total. The molecule has 144 valence electrons. The lowest BCUT2D eigenvalue weighted by Crippen LogP contribution is -2.41. The topological polar surface area (TPSA) is 90.9 Å². The average molecular weight is 376 g/mol. The minimum absolute atomic E-state index is 0.140. The lowest BCUT2D eigenvalue weighted by Gasteiger charge is -2.38. The monoisotopic (exact) mass is 376 g/mol. The molecule has 2 aliphatic carbocycles. The van der Waals surface area contributed by atoms with Crippen molar-refractivity contribution in [2.24, 2.45) is 5.92 Å². The van der Waals surface area contributed by atoms with E-state index in [4.69, 9.17) is 0 Å². The summed E-state index contributed by atoms with van der Waals surface area (Å²) >= 11 is 0. The summed E-state index contributed by atoms with van der Waals surface area (Å²) in [6, 6.07) is 9.89. The normalized spacial score (nSPS) is 22.3. The summed E-state index contributed by atoms with van der Waals surface area (Å²) in [7, 11) is 0. The van der Waals surface area contributed by atoms with Gasteiger partial charge >= 0.3 is 0 Å². The van der Waals surface area contributed by atoms with Crippen LogP contribution in [0.15, 0.2) is 36.5 Å². The Hall–Kier alpha value is -2.73. The molecule has 0 unspecified atom stereocenters. The highest BCUT2D eigenvalue weighted by atomic mass is 16.3. The van der Waals surface area contributed by atoms with Crippen LogP contribution in [0.25, 0.3) is 10.9 Å². The third-order valence-corrected chi connectivity index (χ3v) is 6.15. The first-order valence-corrected chi connectivity index (χ1v) is 10.1. The van der Waals surface area contributed by atoms with Crippen molar-refractivity contribution < 1.29 is 9.90 Å². The largest absolute Gasteiger partial charge is 0.393 e. The number of aliphatic hydroxyl groups excluding tert-OH is 1. The Kier molecular flexibility index (Phi) is 4.36. The number of para-hydroxylation sites is 1. The number of H-pyrrole nitrogens is 1. The molecule has 3 aromatic rings. The number of fused-ring (bicyclic) bond motifs is 2. The van der Waals surface area contributed by atoms with E-state index in [1.165, 1.54) is 0 Å². The van der Waals surface area contributed by atoms with Gasteiger partial charge in [0.2, 0.25) is 0 Å². The van der Waals surface area contributed by atoms with Crippen LogP contribution < -0.4 is 5.32 Å². The Morgan fingerprint density at radius 1 is 1.21 bits per heavy atom. The third-order valence-electron chi connectivity index (χ3n) is 6.15. The van der Waals surface area contributed by atoms with Crippen molar-refractivity contribution in [3.63, 3.8) is 0 Å². The Morgan fingerprint density at radius 2 is 2.04 bits per heavy atom. The number of benzene rings is 1. The molecule has 1 aromatic carbocycles. The summed E-state index contributed by atoms with van der Waals surface area (Å²) in [5, 5.41) is 21.4. The summed E-state index contributed by atoms with van der Waals surface area (Å²) in [4.78, 5) is 17.6. The highest BCUT2D eigenvalue weighted by molar-refractivity contribution is 5.94. The van der Waals surface area contributed by atoms with Gasteiger partial charge < -0.3 is 10.4 Å². The van der Waals surface area contributed by atoms with Crippen molar-refractivity contribution >= 4 is 16.8 Å². The van der Waals surface area contributed by atoms with Crippen LogP contribution in [-0.2, 0) is 12.8 Å². The highest BCUT2D eigenvalue weighted by Crippen LogP contribution is 2.38. The molecule has 6 nitrogen and oxygen atoms in total. The lowest BCUT2D eigenvalue weighted by molar-refractivity contribution is 0.0234. The van der Waals surface area contributed by atoms with Crippen molar-refractivity contribution in [1.82, 2.24) is 20.5 Å². The van der Waals surface area contributed by atoms with Crippen LogP contribution in [0.4, 0.5) is 0 Å². The summed E-state index contributed by atoms with van der Waals surface area (Å²) in [5.74, 6) is 0.0654. The van der Waals surface area contributed by atoms with E-state index in [-0.39, 0.29) is 24.0 Å².